The van der Waals surface area contributed by atoms with Crippen molar-refractivity contribution in [3.05, 3.63) is 53.3 Å². The molecule has 1 fully saturated rings. The number of rotatable bonds is 5. The summed E-state index contributed by atoms with van der Waals surface area (Å²) in [5, 5.41) is 2.99. The minimum absolute atomic E-state index is 0.120. The van der Waals surface area contributed by atoms with Crippen molar-refractivity contribution in [2.75, 3.05) is 32.8 Å². The van der Waals surface area contributed by atoms with E-state index >= 15 is 0 Å². The van der Waals surface area contributed by atoms with Gasteiger partial charge in [0.05, 0.1) is 5.56 Å². The van der Waals surface area contributed by atoms with Crippen molar-refractivity contribution in [3.8, 4) is 11.5 Å². The van der Waals surface area contributed by atoms with E-state index < -0.39 is 17.8 Å². The van der Waals surface area contributed by atoms with Crippen LogP contribution < -0.4 is 14.8 Å². The van der Waals surface area contributed by atoms with Gasteiger partial charge in [0.1, 0.15) is 18.3 Å². The van der Waals surface area contributed by atoms with E-state index in [0.29, 0.717) is 30.3 Å². The minimum atomic E-state index is -4.49. The highest BCUT2D eigenvalue weighted by Gasteiger charge is 2.38. The van der Waals surface area contributed by atoms with E-state index in [2.05, 4.69) is 15.2 Å². The maximum Gasteiger partial charge on any atom is 0.420 e. The molecule has 3 heterocycles. The van der Waals surface area contributed by atoms with Gasteiger partial charge in [-0.15, -0.1) is 0 Å². The van der Waals surface area contributed by atoms with Gasteiger partial charge in [-0.05, 0) is 63.0 Å². The number of pyridine rings is 1. The third-order valence-corrected chi connectivity index (χ3v) is 5.97. The van der Waals surface area contributed by atoms with Crippen molar-refractivity contribution >= 4 is 5.91 Å². The SMILES string of the molecule is Cc1ncccc1C(=O)NCC1CCN(C[C@H]2COc3cccc(C(F)(F)F)c3O2)CC1. The van der Waals surface area contributed by atoms with Gasteiger partial charge in [-0.1, -0.05) is 6.07 Å². The van der Waals surface area contributed by atoms with Crippen LogP contribution in [0.15, 0.2) is 36.5 Å². The second kappa shape index (κ2) is 9.36. The number of para-hydroxylation sites is 1. The van der Waals surface area contributed by atoms with E-state index in [1.165, 1.54) is 12.1 Å². The van der Waals surface area contributed by atoms with Gasteiger partial charge in [-0.2, -0.15) is 13.2 Å². The summed E-state index contributed by atoms with van der Waals surface area (Å²) in [5.41, 5.74) is 0.473. The molecule has 0 unspecified atom stereocenters. The lowest BCUT2D eigenvalue weighted by Gasteiger charge is -2.36. The van der Waals surface area contributed by atoms with Crippen molar-refractivity contribution in [3.63, 3.8) is 0 Å². The lowest BCUT2D eigenvalue weighted by atomic mass is 9.96. The molecule has 172 valence electrons. The molecular formula is C23H26F3N3O3. The second-order valence-corrected chi connectivity index (χ2v) is 8.27. The number of carbonyl (C=O) groups excluding carboxylic acids is 1. The first kappa shape index (κ1) is 22.4. The molecule has 0 aliphatic carbocycles. The summed E-state index contributed by atoms with van der Waals surface area (Å²) in [6, 6.07) is 7.33. The number of nitrogens with zero attached hydrogens (tertiary/aromatic N) is 2. The average molecular weight is 449 g/mol. The lowest BCUT2D eigenvalue weighted by Crippen LogP contribution is -2.45. The van der Waals surface area contributed by atoms with Crippen LogP contribution >= 0.6 is 0 Å². The predicted octanol–water partition coefficient (Wildman–Crippen LogP) is 3.69. The Kier molecular flexibility index (Phi) is 6.55. The van der Waals surface area contributed by atoms with Crippen LogP contribution in [0.5, 0.6) is 11.5 Å². The van der Waals surface area contributed by atoms with E-state index in [1.807, 2.05) is 0 Å². The number of halogens is 3. The number of nitrogens with one attached hydrogen (secondary N) is 1. The molecule has 0 spiro atoms. The first-order valence-corrected chi connectivity index (χ1v) is 10.7. The van der Waals surface area contributed by atoms with Gasteiger partial charge in [0.15, 0.2) is 11.5 Å². The third kappa shape index (κ3) is 5.15. The van der Waals surface area contributed by atoms with Crippen LogP contribution in [0.3, 0.4) is 0 Å². The van der Waals surface area contributed by atoms with Gasteiger partial charge in [0.25, 0.3) is 5.91 Å². The van der Waals surface area contributed by atoms with Crippen LogP contribution in [0.2, 0.25) is 0 Å². The van der Waals surface area contributed by atoms with Crippen molar-refractivity contribution in [2.45, 2.75) is 32.0 Å². The highest BCUT2D eigenvalue weighted by atomic mass is 19.4. The number of piperidine rings is 1. The molecule has 2 aliphatic rings. The number of fused-ring (bicyclic) bond motifs is 1. The Bertz CT molecular complexity index is 959. The molecular weight excluding hydrogens is 423 g/mol. The Balaban J connectivity index is 1.26. The monoisotopic (exact) mass is 449 g/mol. The fourth-order valence-electron chi connectivity index (χ4n) is 4.17. The molecule has 0 radical (unpaired) electrons. The van der Waals surface area contributed by atoms with E-state index in [4.69, 9.17) is 9.47 Å². The molecule has 0 bridgehead atoms. The number of carbonyl (C=O) groups is 1. The number of likely N-dealkylation sites (tertiary alicyclic amines) is 1. The standard InChI is InChI=1S/C23H26F3N3O3/c1-15-18(4-3-9-27-15)22(30)28-12-16-7-10-29(11-8-16)13-17-14-31-20-6-2-5-19(21(20)32-17)23(24,25)26/h2-6,9,16-17H,7-8,10-14H2,1H3,(H,28,30)/t17-/m0/s1. The number of benzene rings is 1. The molecule has 1 atom stereocenters. The molecule has 2 aliphatic heterocycles. The predicted molar refractivity (Wildman–Crippen MR) is 112 cm³/mol. The molecule has 1 saturated heterocycles. The number of aryl methyl sites for hydroxylation is 1. The highest BCUT2D eigenvalue weighted by Crippen LogP contribution is 2.43. The zero-order valence-corrected chi connectivity index (χ0v) is 17.8. The normalized spacial score (nSPS) is 19.6. The van der Waals surface area contributed by atoms with Crippen molar-refractivity contribution in [2.24, 2.45) is 5.92 Å². The van der Waals surface area contributed by atoms with Crippen LogP contribution in [0, 0.1) is 12.8 Å². The summed E-state index contributed by atoms with van der Waals surface area (Å²) < 4.78 is 51.1. The molecule has 6 nitrogen and oxygen atoms in total. The molecule has 1 N–H and O–H groups in total. The number of hydrogen-bond donors (Lipinski definition) is 1. The van der Waals surface area contributed by atoms with E-state index in [-0.39, 0.29) is 24.0 Å². The Morgan fingerprint density at radius 1 is 1.22 bits per heavy atom. The number of ether oxygens (including phenoxy) is 2. The van der Waals surface area contributed by atoms with Crippen LogP contribution in [0.25, 0.3) is 0 Å². The summed E-state index contributed by atoms with van der Waals surface area (Å²) >= 11 is 0. The Morgan fingerprint density at radius 3 is 2.72 bits per heavy atom. The van der Waals surface area contributed by atoms with Gasteiger partial charge in [0, 0.05) is 25.0 Å². The molecule has 2 aromatic rings. The number of hydrogen-bond acceptors (Lipinski definition) is 5. The summed E-state index contributed by atoms with van der Waals surface area (Å²) in [6.45, 7) is 4.70. The maximum atomic E-state index is 13.3. The zero-order valence-electron chi connectivity index (χ0n) is 17.8. The summed E-state index contributed by atoms with van der Waals surface area (Å²) in [6.07, 6.45) is -1.51. The van der Waals surface area contributed by atoms with E-state index in [0.717, 1.165) is 32.0 Å². The molecule has 0 saturated carbocycles. The van der Waals surface area contributed by atoms with Crippen molar-refractivity contribution in [1.29, 1.82) is 0 Å². The van der Waals surface area contributed by atoms with E-state index in [9.17, 15) is 18.0 Å². The molecule has 9 heteroatoms. The molecule has 1 amide bonds. The van der Waals surface area contributed by atoms with Crippen LogP contribution in [0.4, 0.5) is 13.2 Å². The molecule has 1 aromatic carbocycles. The Labute approximate surface area is 184 Å². The fraction of sp³-hybridized carbons (Fsp3) is 0.478. The maximum absolute atomic E-state index is 13.3. The van der Waals surface area contributed by atoms with Crippen LogP contribution in [-0.4, -0.2) is 54.7 Å². The largest absolute Gasteiger partial charge is 0.486 e. The number of alkyl halides is 3. The molecule has 1 aromatic heterocycles. The van der Waals surface area contributed by atoms with Gasteiger partial charge in [-0.25, -0.2) is 0 Å². The summed E-state index contributed by atoms with van der Waals surface area (Å²) in [5.74, 6) is 0.145. The lowest BCUT2D eigenvalue weighted by molar-refractivity contribution is -0.140. The van der Waals surface area contributed by atoms with Crippen molar-refractivity contribution < 1.29 is 27.4 Å². The first-order chi connectivity index (χ1) is 15.3. The quantitative estimate of drug-likeness (QED) is 0.755. The number of aromatic nitrogens is 1. The molecule has 32 heavy (non-hydrogen) atoms. The third-order valence-electron chi connectivity index (χ3n) is 5.97. The van der Waals surface area contributed by atoms with Gasteiger partial charge < -0.3 is 14.8 Å². The van der Waals surface area contributed by atoms with Crippen molar-refractivity contribution in [1.82, 2.24) is 15.2 Å². The van der Waals surface area contributed by atoms with Gasteiger partial charge in [-0.3, -0.25) is 14.7 Å². The van der Waals surface area contributed by atoms with Crippen LogP contribution in [-0.2, 0) is 6.18 Å². The fourth-order valence-corrected chi connectivity index (χ4v) is 4.17. The smallest absolute Gasteiger partial charge is 0.420 e. The summed E-state index contributed by atoms with van der Waals surface area (Å²) in [7, 11) is 0. The molecule has 4 rings (SSSR count). The Hall–Kier alpha value is -2.81. The topological polar surface area (TPSA) is 63.7 Å². The first-order valence-electron chi connectivity index (χ1n) is 10.7. The number of amides is 1. The zero-order chi connectivity index (χ0) is 22.7. The second-order valence-electron chi connectivity index (χ2n) is 8.27. The van der Waals surface area contributed by atoms with Gasteiger partial charge >= 0.3 is 6.18 Å². The van der Waals surface area contributed by atoms with E-state index in [1.54, 1.807) is 25.3 Å². The van der Waals surface area contributed by atoms with Gasteiger partial charge in [0.2, 0.25) is 0 Å². The highest BCUT2D eigenvalue weighted by molar-refractivity contribution is 5.95. The summed E-state index contributed by atoms with van der Waals surface area (Å²) in [4.78, 5) is 18.7. The Morgan fingerprint density at radius 2 is 2.00 bits per heavy atom. The minimum Gasteiger partial charge on any atom is -0.486 e. The van der Waals surface area contributed by atoms with Crippen LogP contribution in [0.1, 0.15) is 34.5 Å². The average Bonchev–Trinajstić information content (AvgIpc) is 2.77.